The molecule has 0 bridgehead atoms. The van der Waals surface area contributed by atoms with Gasteiger partial charge in [-0.3, -0.25) is 0 Å². The van der Waals surface area contributed by atoms with Crippen molar-refractivity contribution in [3.63, 3.8) is 0 Å². The van der Waals surface area contributed by atoms with Gasteiger partial charge in [-0.2, -0.15) is 0 Å². The summed E-state index contributed by atoms with van der Waals surface area (Å²) < 4.78 is 20.5. The van der Waals surface area contributed by atoms with E-state index < -0.39 is 28.3 Å². The lowest BCUT2D eigenvalue weighted by Gasteiger charge is -2.45. The van der Waals surface area contributed by atoms with Gasteiger partial charge in [-0.1, -0.05) is 91.0 Å². The summed E-state index contributed by atoms with van der Waals surface area (Å²) in [5.74, 6) is 0.545. The van der Waals surface area contributed by atoms with Crippen LogP contribution in [0.4, 0.5) is 0 Å². The normalized spacial score (nSPS) is 13.9. The van der Waals surface area contributed by atoms with Crippen molar-refractivity contribution in [1.82, 2.24) is 0 Å². The molecule has 5 heteroatoms. The monoisotopic (exact) mass is 490 g/mol. The number of ether oxygens (including phenoxy) is 1. The van der Waals surface area contributed by atoms with E-state index in [9.17, 15) is 0 Å². The third kappa shape index (κ3) is 6.50. The Labute approximate surface area is 207 Å². The standard InChI is InChI=1S/C29H38O3Si2/c1-8-27(31-33(2,3)4)30-28(24-18-12-9-13-19-24)29(32-34(5,6)7,25-20-14-10-15-21-25)26-22-16-11-17-23-26/h8-23,28H,1-7H3/b27-8-/t28-/m1/s1. The van der Waals surface area contributed by atoms with Crippen LogP contribution in [0.25, 0.3) is 0 Å². The Morgan fingerprint density at radius 2 is 1.12 bits per heavy atom. The van der Waals surface area contributed by atoms with E-state index >= 15 is 0 Å². The van der Waals surface area contributed by atoms with Crippen LogP contribution in [0.3, 0.4) is 0 Å². The van der Waals surface area contributed by atoms with Gasteiger partial charge in [-0.05, 0) is 69.0 Å². The van der Waals surface area contributed by atoms with E-state index in [0.29, 0.717) is 5.95 Å². The number of hydrogen-bond acceptors (Lipinski definition) is 3. The van der Waals surface area contributed by atoms with Crippen LogP contribution in [-0.2, 0) is 19.2 Å². The molecule has 1 atom stereocenters. The second-order valence-electron chi connectivity index (χ2n) is 10.4. The zero-order chi connectivity index (χ0) is 24.8. The lowest BCUT2D eigenvalue weighted by atomic mass is 9.79. The van der Waals surface area contributed by atoms with E-state index in [1.165, 1.54) is 0 Å². The van der Waals surface area contributed by atoms with Crippen molar-refractivity contribution in [2.45, 2.75) is 57.9 Å². The molecule has 0 heterocycles. The molecule has 3 rings (SSSR count). The Bertz CT molecular complexity index is 1010. The highest BCUT2D eigenvalue weighted by atomic mass is 28.4. The molecule has 3 aromatic rings. The second-order valence-corrected chi connectivity index (χ2v) is 19.3. The molecule has 0 radical (unpaired) electrons. The second kappa shape index (κ2) is 10.8. The zero-order valence-electron chi connectivity index (χ0n) is 21.5. The third-order valence-corrected chi connectivity index (χ3v) is 6.97. The molecule has 0 aliphatic rings. The van der Waals surface area contributed by atoms with E-state index in [2.05, 4.69) is 112 Å². The summed E-state index contributed by atoms with van der Waals surface area (Å²) in [5, 5.41) is 0. The fourth-order valence-corrected chi connectivity index (χ4v) is 6.16. The van der Waals surface area contributed by atoms with E-state index in [0.717, 1.165) is 16.7 Å². The maximum atomic E-state index is 7.23. The number of rotatable bonds is 10. The SMILES string of the molecule is C/C=C(/O[C@H](c1ccccc1)C(O[Si](C)(C)C)(c1ccccc1)c1ccccc1)O[Si](C)(C)C. The van der Waals surface area contributed by atoms with E-state index in [1.54, 1.807) is 0 Å². The molecule has 0 aliphatic heterocycles. The first kappa shape index (κ1) is 26.0. The van der Waals surface area contributed by atoms with Gasteiger partial charge in [0.05, 0.1) is 0 Å². The van der Waals surface area contributed by atoms with Crippen molar-refractivity contribution >= 4 is 16.6 Å². The molecule has 34 heavy (non-hydrogen) atoms. The van der Waals surface area contributed by atoms with Gasteiger partial charge in [0.25, 0.3) is 5.95 Å². The summed E-state index contributed by atoms with van der Waals surface area (Å²) in [7, 11) is -3.99. The van der Waals surface area contributed by atoms with Crippen LogP contribution in [0.2, 0.25) is 39.3 Å². The Kier molecular flexibility index (Phi) is 8.23. The summed E-state index contributed by atoms with van der Waals surface area (Å²) in [5.41, 5.74) is 2.28. The average Bonchev–Trinajstić information content (AvgIpc) is 2.80. The highest BCUT2D eigenvalue weighted by Gasteiger charge is 2.49. The number of allylic oxidation sites excluding steroid dienone is 1. The fourth-order valence-electron chi connectivity index (χ4n) is 4.08. The van der Waals surface area contributed by atoms with Crippen LogP contribution in [-0.4, -0.2) is 16.6 Å². The summed E-state index contributed by atoms with van der Waals surface area (Å²) in [4.78, 5) is 0. The minimum atomic E-state index is -2.09. The van der Waals surface area contributed by atoms with Crippen LogP contribution < -0.4 is 0 Å². The molecule has 0 amide bonds. The quantitative estimate of drug-likeness (QED) is 0.211. The van der Waals surface area contributed by atoms with Crippen molar-refractivity contribution in [2.75, 3.05) is 0 Å². The summed E-state index contributed by atoms with van der Waals surface area (Å²) in [6.45, 7) is 15.1. The van der Waals surface area contributed by atoms with Crippen LogP contribution in [0, 0.1) is 0 Å². The van der Waals surface area contributed by atoms with Gasteiger partial charge >= 0.3 is 0 Å². The van der Waals surface area contributed by atoms with Gasteiger partial charge in [0.1, 0.15) is 5.60 Å². The van der Waals surface area contributed by atoms with Crippen LogP contribution in [0.1, 0.15) is 29.7 Å². The number of hydrogen-bond donors (Lipinski definition) is 0. The minimum Gasteiger partial charge on any atom is -0.520 e. The summed E-state index contributed by atoms with van der Waals surface area (Å²) >= 11 is 0. The molecular formula is C29H38O3Si2. The van der Waals surface area contributed by atoms with Crippen LogP contribution in [0.15, 0.2) is 103 Å². The smallest absolute Gasteiger partial charge is 0.261 e. The zero-order valence-corrected chi connectivity index (χ0v) is 23.5. The first-order valence-electron chi connectivity index (χ1n) is 11.9. The minimum absolute atomic E-state index is 0.465. The lowest BCUT2D eigenvalue weighted by molar-refractivity contribution is -0.0814. The third-order valence-electron chi connectivity index (χ3n) is 5.22. The summed E-state index contributed by atoms with van der Waals surface area (Å²) in [6.07, 6.45) is 1.46. The number of benzene rings is 3. The molecule has 3 nitrogen and oxygen atoms in total. The highest BCUT2D eigenvalue weighted by molar-refractivity contribution is 6.70. The van der Waals surface area contributed by atoms with E-state index in [1.807, 2.05) is 31.2 Å². The van der Waals surface area contributed by atoms with Crippen molar-refractivity contribution in [3.05, 3.63) is 120 Å². The molecule has 0 aromatic heterocycles. The van der Waals surface area contributed by atoms with Crippen LogP contribution in [0.5, 0.6) is 0 Å². The Hall–Kier alpha value is -2.61. The Balaban J connectivity index is 2.33. The molecule has 0 saturated carbocycles. The van der Waals surface area contributed by atoms with Gasteiger partial charge < -0.3 is 13.6 Å². The van der Waals surface area contributed by atoms with Gasteiger partial charge in [-0.25, -0.2) is 0 Å². The molecule has 180 valence electrons. The molecule has 0 unspecified atom stereocenters. The fraction of sp³-hybridized carbons (Fsp3) is 0.310. The predicted octanol–water partition coefficient (Wildman–Crippen LogP) is 8.25. The van der Waals surface area contributed by atoms with Crippen molar-refractivity contribution in [1.29, 1.82) is 0 Å². The molecule has 0 aliphatic carbocycles. The maximum Gasteiger partial charge on any atom is 0.261 e. The topological polar surface area (TPSA) is 27.7 Å². The molecule has 0 fully saturated rings. The largest absolute Gasteiger partial charge is 0.520 e. The van der Waals surface area contributed by atoms with Crippen molar-refractivity contribution in [2.24, 2.45) is 0 Å². The lowest BCUT2D eigenvalue weighted by Crippen LogP contribution is -2.47. The molecular weight excluding hydrogens is 452 g/mol. The van der Waals surface area contributed by atoms with Crippen molar-refractivity contribution in [3.8, 4) is 0 Å². The van der Waals surface area contributed by atoms with Gasteiger partial charge in [0, 0.05) is 0 Å². The molecule has 0 saturated heterocycles. The Morgan fingerprint density at radius 3 is 1.50 bits per heavy atom. The Morgan fingerprint density at radius 1 is 0.676 bits per heavy atom. The van der Waals surface area contributed by atoms with Crippen molar-refractivity contribution < 1.29 is 13.6 Å². The molecule has 0 N–H and O–H groups in total. The predicted molar refractivity (Wildman–Crippen MR) is 147 cm³/mol. The first-order valence-corrected chi connectivity index (χ1v) is 18.7. The van der Waals surface area contributed by atoms with Gasteiger partial charge in [0.15, 0.2) is 14.4 Å². The van der Waals surface area contributed by atoms with E-state index in [4.69, 9.17) is 13.6 Å². The molecule has 3 aromatic carbocycles. The van der Waals surface area contributed by atoms with Gasteiger partial charge in [-0.15, -0.1) is 0 Å². The first-order chi connectivity index (χ1) is 16.0. The summed E-state index contributed by atoms with van der Waals surface area (Å²) in [6, 6.07) is 31.3. The van der Waals surface area contributed by atoms with Gasteiger partial charge in [0.2, 0.25) is 8.32 Å². The average molecular weight is 491 g/mol. The highest BCUT2D eigenvalue weighted by Crippen LogP contribution is 2.49. The van der Waals surface area contributed by atoms with E-state index in [-0.39, 0.29) is 0 Å². The maximum absolute atomic E-state index is 7.23. The van der Waals surface area contributed by atoms with Crippen LogP contribution >= 0.6 is 0 Å². The molecule has 0 spiro atoms.